The zero-order valence-electron chi connectivity index (χ0n) is 9.86. The number of fused-ring (bicyclic) bond motifs is 1. The molecule has 0 bridgehead atoms. The standard InChI is InChI=1S/C15H15NO/c1-11-2-5-14(6-3-11)17-15-7-4-12-9-16-10-13(12)8-15/h2-8,16H,9-10H2,1H3. The summed E-state index contributed by atoms with van der Waals surface area (Å²) in [7, 11) is 0. The topological polar surface area (TPSA) is 21.3 Å². The van der Waals surface area contributed by atoms with Crippen molar-refractivity contribution in [2.45, 2.75) is 20.0 Å². The van der Waals surface area contributed by atoms with Crippen molar-refractivity contribution in [3.05, 3.63) is 59.2 Å². The van der Waals surface area contributed by atoms with Gasteiger partial charge in [0.2, 0.25) is 0 Å². The molecule has 0 unspecified atom stereocenters. The normalized spacial score (nSPS) is 13.5. The van der Waals surface area contributed by atoms with E-state index in [2.05, 4.69) is 36.5 Å². The van der Waals surface area contributed by atoms with Crippen LogP contribution < -0.4 is 10.1 Å². The quantitative estimate of drug-likeness (QED) is 0.845. The predicted molar refractivity (Wildman–Crippen MR) is 68.2 cm³/mol. The van der Waals surface area contributed by atoms with Crippen LogP contribution in [0.5, 0.6) is 11.5 Å². The Kier molecular flexibility index (Phi) is 2.57. The van der Waals surface area contributed by atoms with Crippen LogP contribution in [0.25, 0.3) is 0 Å². The van der Waals surface area contributed by atoms with Gasteiger partial charge in [-0.05, 0) is 42.3 Å². The van der Waals surface area contributed by atoms with Crippen LogP contribution in [0.2, 0.25) is 0 Å². The third kappa shape index (κ3) is 2.17. The highest BCUT2D eigenvalue weighted by Gasteiger charge is 2.10. The zero-order valence-corrected chi connectivity index (χ0v) is 9.86. The molecular weight excluding hydrogens is 210 g/mol. The molecule has 17 heavy (non-hydrogen) atoms. The van der Waals surface area contributed by atoms with Gasteiger partial charge in [0.1, 0.15) is 11.5 Å². The van der Waals surface area contributed by atoms with Gasteiger partial charge in [-0.2, -0.15) is 0 Å². The van der Waals surface area contributed by atoms with Crippen molar-refractivity contribution < 1.29 is 4.74 Å². The van der Waals surface area contributed by atoms with Crippen LogP contribution >= 0.6 is 0 Å². The summed E-state index contributed by atoms with van der Waals surface area (Å²) >= 11 is 0. The highest BCUT2D eigenvalue weighted by Crippen LogP contribution is 2.26. The van der Waals surface area contributed by atoms with Crippen molar-refractivity contribution in [1.29, 1.82) is 0 Å². The minimum atomic E-state index is 0.890. The third-order valence-corrected chi connectivity index (χ3v) is 3.07. The van der Waals surface area contributed by atoms with E-state index in [1.54, 1.807) is 0 Å². The van der Waals surface area contributed by atoms with Crippen LogP contribution in [0.1, 0.15) is 16.7 Å². The molecule has 0 saturated carbocycles. The van der Waals surface area contributed by atoms with Gasteiger partial charge in [-0.3, -0.25) is 0 Å². The fourth-order valence-electron chi connectivity index (χ4n) is 2.08. The molecule has 0 atom stereocenters. The van der Waals surface area contributed by atoms with Gasteiger partial charge >= 0.3 is 0 Å². The molecule has 0 fully saturated rings. The predicted octanol–water partition coefficient (Wildman–Crippen LogP) is 3.39. The van der Waals surface area contributed by atoms with E-state index in [-0.39, 0.29) is 0 Å². The number of aryl methyl sites for hydroxylation is 1. The Balaban J connectivity index is 1.83. The summed E-state index contributed by atoms with van der Waals surface area (Å²) in [6.45, 7) is 3.99. The van der Waals surface area contributed by atoms with Gasteiger partial charge in [0.15, 0.2) is 0 Å². The molecule has 0 aromatic heterocycles. The molecule has 0 spiro atoms. The van der Waals surface area contributed by atoms with Crippen LogP contribution in [0, 0.1) is 6.92 Å². The number of ether oxygens (including phenoxy) is 1. The molecule has 2 aromatic rings. The highest BCUT2D eigenvalue weighted by molar-refractivity contribution is 5.40. The van der Waals surface area contributed by atoms with E-state index in [9.17, 15) is 0 Å². The first-order chi connectivity index (χ1) is 8.31. The first-order valence-corrected chi connectivity index (χ1v) is 5.88. The van der Waals surface area contributed by atoms with E-state index < -0.39 is 0 Å². The average Bonchev–Trinajstić information content (AvgIpc) is 2.79. The van der Waals surface area contributed by atoms with Crippen LogP contribution in [0.15, 0.2) is 42.5 Å². The van der Waals surface area contributed by atoms with E-state index in [1.165, 1.54) is 16.7 Å². The molecule has 0 radical (unpaired) electrons. The number of benzene rings is 2. The molecule has 0 amide bonds. The molecule has 1 aliphatic rings. The summed E-state index contributed by atoms with van der Waals surface area (Å²) < 4.78 is 5.83. The number of hydrogen-bond donors (Lipinski definition) is 1. The lowest BCUT2D eigenvalue weighted by Crippen LogP contribution is -1.99. The summed E-state index contributed by atoms with van der Waals surface area (Å²) in [6.07, 6.45) is 0. The second-order valence-electron chi connectivity index (χ2n) is 4.45. The summed E-state index contributed by atoms with van der Waals surface area (Å²) in [5.74, 6) is 1.80. The monoisotopic (exact) mass is 225 g/mol. The van der Waals surface area contributed by atoms with Crippen molar-refractivity contribution in [2.75, 3.05) is 0 Å². The summed E-state index contributed by atoms with van der Waals surface area (Å²) in [5.41, 5.74) is 3.96. The lowest BCUT2D eigenvalue weighted by Gasteiger charge is -2.07. The molecule has 0 saturated heterocycles. The van der Waals surface area contributed by atoms with E-state index in [1.807, 2.05) is 18.2 Å². The second-order valence-corrected chi connectivity index (χ2v) is 4.45. The first kappa shape index (κ1) is 10.4. The Hall–Kier alpha value is -1.80. The third-order valence-electron chi connectivity index (χ3n) is 3.07. The minimum Gasteiger partial charge on any atom is -0.457 e. The number of nitrogens with one attached hydrogen (secondary N) is 1. The summed E-state index contributed by atoms with van der Waals surface area (Å²) in [6, 6.07) is 14.4. The van der Waals surface area contributed by atoms with E-state index >= 15 is 0 Å². The Morgan fingerprint density at radius 1 is 0.882 bits per heavy atom. The van der Waals surface area contributed by atoms with Gasteiger partial charge in [0.05, 0.1) is 0 Å². The molecule has 2 heteroatoms. The largest absolute Gasteiger partial charge is 0.457 e. The van der Waals surface area contributed by atoms with Crippen molar-refractivity contribution in [3.63, 3.8) is 0 Å². The van der Waals surface area contributed by atoms with Gasteiger partial charge in [-0.15, -0.1) is 0 Å². The Bertz CT molecular complexity index is 531. The van der Waals surface area contributed by atoms with Gasteiger partial charge in [0, 0.05) is 13.1 Å². The maximum atomic E-state index is 5.83. The van der Waals surface area contributed by atoms with Crippen LogP contribution in [-0.4, -0.2) is 0 Å². The lowest BCUT2D eigenvalue weighted by molar-refractivity contribution is 0.482. The molecule has 2 nitrogen and oxygen atoms in total. The van der Waals surface area contributed by atoms with E-state index in [4.69, 9.17) is 4.74 Å². The summed E-state index contributed by atoms with van der Waals surface area (Å²) in [5, 5.41) is 3.33. The fourth-order valence-corrected chi connectivity index (χ4v) is 2.08. The second kappa shape index (κ2) is 4.22. The fraction of sp³-hybridized carbons (Fsp3) is 0.200. The Morgan fingerprint density at radius 3 is 2.41 bits per heavy atom. The van der Waals surface area contributed by atoms with E-state index in [0.29, 0.717) is 0 Å². The zero-order chi connectivity index (χ0) is 11.7. The molecule has 2 aromatic carbocycles. The molecule has 1 N–H and O–H groups in total. The van der Waals surface area contributed by atoms with Gasteiger partial charge < -0.3 is 10.1 Å². The number of rotatable bonds is 2. The Labute approximate surface area is 101 Å². The molecule has 86 valence electrons. The SMILES string of the molecule is Cc1ccc(Oc2ccc3c(c2)CNC3)cc1. The maximum Gasteiger partial charge on any atom is 0.127 e. The lowest BCUT2D eigenvalue weighted by atomic mass is 10.1. The average molecular weight is 225 g/mol. The molecule has 0 aliphatic carbocycles. The van der Waals surface area contributed by atoms with Crippen molar-refractivity contribution in [2.24, 2.45) is 0 Å². The molecule has 3 rings (SSSR count). The van der Waals surface area contributed by atoms with Crippen LogP contribution in [0.4, 0.5) is 0 Å². The van der Waals surface area contributed by atoms with Gasteiger partial charge in [0.25, 0.3) is 0 Å². The number of hydrogen-bond acceptors (Lipinski definition) is 2. The van der Waals surface area contributed by atoms with Crippen molar-refractivity contribution in [3.8, 4) is 11.5 Å². The minimum absolute atomic E-state index is 0.890. The van der Waals surface area contributed by atoms with Gasteiger partial charge in [-0.1, -0.05) is 23.8 Å². The maximum absolute atomic E-state index is 5.83. The van der Waals surface area contributed by atoms with Crippen molar-refractivity contribution >= 4 is 0 Å². The molecule has 1 heterocycles. The highest BCUT2D eigenvalue weighted by atomic mass is 16.5. The molecular formula is C15H15NO. The Morgan fingerprint density at radius 2 is 1.59 bits per heavy atom. The first-order valence-electron chi connectivity index (χ1n) is 5.88. The smallest absolute Gasteiger partial charge is 0.127 e. The summed E-state index contributed by atoms with van der Waals surface area (Å²) in [4.78, 5) is 0. The van der Waals surface area contributed by atoms with Crippen LogP contribution in [-0.2, 0) is 13.1 Å². The van der Waals surface area contributed by atoms with E-state index in [0.717, 1.165) is 24.6 Å². The van der Waals surface area contributed by atoms with Crippen LogP contribution in [0.3, 0.4) is 0 Å². The van der Waals surface area contributed by atoms with Gasteiger partial charge in [-0.25, -0.2) is 0 Å². The molecule has 1 aliphatic heterocycles. The van der Waals surface area contributed by atoms with Crippen molar-refractivity contribution in [1.82, 2.24) is 5.32 Å².